The summed E-state index contributed by atoms with van der Waals surface area (Å²) in [5.41, 5.74) is 6.04. The third-order valence-electron chi connectivity index (χ3n) is 3.20. The minimum atomic E-state index is 0.371. The normalized spacial score (nSPS) is 27.9. The Hall–Kier alpha value is -0.120. The SMILES string of the molecule is CCCC(N)CN1CCN(C)C(C)C1. The maximum Gasteiger partial charge on any atom is 0.0192 e. The van der Waals surface area contributed by atoms with E-state index in [0.29, 0.717) is 12.1 Å². The standard InChI is InChI=1S/C11H25N3/c1-4-5-11(12)9-14-7-6-13(3)10(2)8-14/h10-11H,4-9,12H2,1-3H3. The number of nitrogens with two attached hydrogens (primary N) is 1. The van der Waals surface area contributed by atoms with Gasteiger partial charge in [0.1, 0.15) is 0 Å². The highest BCUT2D eigenvalue weighted by molar-refractivity contribution is 4.79. The van der Waals surface area contributed by atoms with Gasteiger partial charge in [-0.25, -0.2) is 0 Å². The number of nitrogens with zero attached hydrogens (tertiary/aromatic N) is 2. The lowest BCUT2D eigenvalue weighted by molar-refractivity contribution is 0.0996. The molecular weight excluding hydrogens is 174 g/mol. The first-order valence-corrected chi connectivity index (χ1v) is 5.81. The van der Waals surface area contributed by atoms with E-state index < -0.39 is 0 Å². The van der Waals surface area contributed by atoms with Gasteiger partial charge in [-0.2, -0.15) is 0 Å². The Morgan fingerprint density at radius 1 is 1.43 bits per heavy atom. The summed E-state index contributed by atoms with van der Waals surface area (Å²) in [6.07, 6.45) is 2.35. The molecule has 0 aromatic heterocycles. The lowest BCUT2D eigenvalue weighted by Gasteiger charge is -2.38. The summed E-state index contributed by atoms with van der Waals surface area (Å²) in [5, 5.41) is 0. The van der Waals surface area contributed by atoms with Crippen molar-refractivity contribution in [3.8, 4) is 0 Å². The molecule has 1 heterocycles. The average Bonchev–Trinajstić information content (AvgIpc) is 2.12. The van der Waals surface area contributed by atoms with Crippen molar-refractivity contribution in [3.63, 3.8) is 0 Å². The summed E-state index contributed by atoms with van der Waals surface area (Å²) in [4.78, 5) is 4.92. The van der Waals surface area contributed by atoms with Crippen LogP contribution in [0.25, 0.3) is 0 Å². The third-order valence-corrected chi connectivity index (χ3v) is 3.20. The highest BCUT2D eigenvalue weighted by Crippen LogP contribution is 2.08. The average molecular weight is 199 g/mol. The number of piperazine rings is 1. The number of hydrogen-bond acceptors (Lipinski definition) is 3. The molecule has 3 heteroatoms. The summed E-state index contributed by atoms with van der Waals surface area (Å²) in [6.45, 7) is 9.10. The van der Waals surface area contributed by atoms with Gasteiger partial charge in [-0.3, -0.25) is 4.90 Å². The van der Waals surface area contributed by atoms with Crippen LogP contribution in [-0.2, 0) is 0 Å². The lowest BCUT2D eigenvalue weighted by atomic mass is 10.1. The van der Waals surface area contributed by atoms with E-state index in [9.17, 15) is 0 Å². The first kappa shape index (κ1) is 12.0. The molecule has 0 aliphatic carbocycles. The van der Waals surface area contributed by atoms with E-state index in [1.807, 2.05) is 0 Å². The van der Waals surface area contributed by atoms with E-state index >= 15 is 0 Å². The summed E-state index contributed by atoms with van der Waals surface area (Å²) in [6, 6.07) is 1.05. The molecule has 2 N–H and O–H groups in total. The highest BCUT2D eigenvalue weighted by Gasteiger charge is 2.21. The van der Waals surface area contributed by atoms with Crippen molar-refractivity contribution in [2.24, 2.45) is 5.73 Å². The zero-order chi connectivity index (χ0) is 10.6. The zero-order valence-corrected chi connectivity index (χ0v) is 9.87. The molecule has 1 fully saturated rings. The van der Waals surface area contributed by atoms with Gasteiger partial charge in [-0.05, 0) is 20.4 Å². The second-order valence-corrected chi connectivity index (χ2v) is 4.64. The summed E-state index contributed by atoms with van der Waals surface area (Å²) in [7, 11) is 2.20. The van der Waals surface area contributed by atoms with Crippen molar-refractivity contribution in [1.29, 1.82) is 0 Å². The van der Waals surface area contributed by atoms with Crippen LogP contribution in [0.5, 0.6) is 0 Å². The Balaban J connectivity index is 2.25. The van der Waals surface area contributed by atoms with Crippen molar-refractivity contribution >= 4 is 0 Å². The van der Waals surface area contributed by atoms with Gasteiger partial charge in [-0.15, -0.1) is 0 Å². The van der Waals surface area contributed by atoms with Gasteiger partial charge in [0.2, 0.25) is 0 Å². The van der Waals surface area contributed by atoms with E-state index in [4.69, 9.17) is 5.73 Å². The van der Waals surface area contributed by atoms with Crippen LogP contribution >= 0.6 is 0 Å². The molecule has 3 nitrogen and oxygen atoms in total. The Bertz CT molecular complexity index is 161. The van der Waals surface area contributed by atoms with E-state index in [2.05, 4.69) is 30.7 Å². The monoisotopic (exact) mass is 199 g/mol. The number of likely N-dealkylation sites (N-methyl/N-ethyl adjacent to an activating group) is 1. The topological polar surface area (TPSA) is 32.5 Å². The van der Waals surface area contributed by atoms with Crippen molar-refractivity contribution in [1.82, 2.24) is 9.80 Å². The largest absolute Gasteiger partial charge is 0.327 e. The van der Waals surface area contributed by atoms with Crippen molar-refractivity contribution < 1.29 is 0 Å². The van der Waals surface area contributed by atoms with Crippen molar-refractivity contribution in [2.45, 2.75) is 38.8 Å². The first-order valence-electron chi connectivity index (χ1n) is 5.81. The predicted molar refractivity (Wildman–Crippen MR) is 61.4 cm³/mol. The predicted octanol–water partition coefficient (Wildman–Crippen LogP) is 0.750. The molecule has 0 saturated carbocycles. The molecule has 2 unspecified atom stereocenters. The molecule has 0 bridgehead atoms. The van der Waals surface area contributed by atoms with E-state index in [0.717, 1.165) is 13.0 Å². The molecule has 0 aromatic rings. The van der Waals surface area contributed by atoms with Gasteiger partial charge >= 0.3 is 0 Å². The molecule has 1 aliphatic rings. The molecule has 0 aromatic carbocycles. The van der Waals surface area contributed by atoms with Gasteiger partial charge in [-0.1, -0.05) is 13.3 Å². The van der Waals surface area contributed by atoms with Crippen LogP contribution in [0.1, 0.15) is 26.7 Å². The molecular formula is C11H25N3. The highest BCUT2D eigenvalue weighted by atomic mass is 15.3. The van der Waals surface area contributed by atoms with Gasteiger partial charge in [0.15, 0.2) is 0 Å². The molecule has 14 heavy (non-hydrogen) atoms. The van der Waals surface area contributed by atoms with Crippen LogP contribution in [0.2, 0.25) is 0 Å². The Morgan fingerprint density at radius 3 is 2.71 bits per heavy atom. The third kappa shape index (κ3) is 3.56. The smallest absolute Gasteiger partial charge is 0.0192 e. The molecule has 1 aliphatic heterocycles. The summed E-state index contributed by atoms with van der Waals surface area (Å²) < 4.78 is 0. The van der Waals surface area contributed by atoms with Gasteiger partial charge in [0.25, 0.3) is 0 Å². The van der Waals surface area contributed by atoms with E-state index in [-0.39, 0.29) is 0 Å². The molecule has 2 atom stereocenters. The van der Waals surface area contributed by atoms with E-state index in [1.165, 1.54) is 26.1 Å². The van der Waals surface area contributed by atoms with Gasteiger partial charge < -0.3 is 10.6 Å². The maximum absolute atomic E-state index is 6.04. The fourth-order valence-electron chi connectivity index (χ4n) is 2.08. The quantitative estimate of drug-likeness (QED) is 0.725. The summed E-state index contributed by atoms with van der Waals surface area (Å²) >= 11 is 0. The molecule has 0 amide bonds. The second-order valence-electron chi connectivity index (χ2n) is 4.64. The van der Waals surface area contributed by atoms with Crippen LogP contribution < -0.4 is 5.73 Å². The molecule has 0 spiro atoms. The van der Waals surface area contributed by atoms with Gasteiger partial charge in [0, 0.05) is 38.3 Å². The van der Waals surface area contributed by atoms with Gasteiger partial charge in [0.05, 0.1) is 0 Å². The fourth-order valence-corrected chi connectivity index (χ4v) is 2.08. The van der Waals surface area contributed by atoms with Crippen molar-refractivity contribution in [3.05, 3.63) is 0 Å². The molecule has 84 valence electrons. The maximum atomic E-state index is 6.04. The van der Waals surface area contributed by atoms with Crippen LogP contribution in [0, 0.1) is 0 Å². The van der Waals surface area contributed by atoms with Crippen LogP contribution in [0.3, 0.4) is 0 Å². The summed E-state index contributed by atoms with van der Waals surface area (Å²) in [5.74, 6) is 0. The Labute approximate surface area is 88.2 Å². The first-order chi connectivity index (χ1) is 6.63. The Morgan fingerprint density at radius 2 is 2.14 bits per heavy atom. The van der Waals surface area contributed by atoms with Crippen LogP contribution in [0.15, 0.2) is 0 Å². The zero-order valence-electron chi connectivity index (χ0n) is 9.87. The molecule has 0 radical (unpaired) electrons. The van der Waals surface area contributed by atoms with Crippen molar-refractivity contribution in [2.75, 3.05) is 33.2 Å². The van der Waals surface area contributed by atoms with Crippen LogP contribution in [-0.4, -0.2) is 55.1 Å². The van der Waals surface area contributed by atoms with Crippen LogP contribution in [0.4, 0.5) is 0 Å². The van der Waals surface area contributed by atoms with E-state index in [1.54, 1.807) is 0 Å². The number of hydrogen-bond donors (Lipinski definition) is 1. The minimum Gasteiger partial charge on any atom is -0.327 e. The Kier molecular flexibility index (Phi) is 4.85. The molecule has 1 rings (SSSR count). The second kappa shape index (κ2) is 5.69. The fraction of sp³-hybridized carbons (Fsp3) is 1.00. The molecule has 1 saturated heterocycles. The number of rotatable bonds is 4. The lowest BCUT2D eigenvalue weighted by Crippen LogP contribution is -2.52. The minimum absolute atomic E-state index is 0.371.